The van der Waals surface area contributed by atoms with Gasteiger partial charge in [0.05, 0.1) is 0 Å². The lowest BCUT2D eigenvalue weighted by molar-refractivity contribution is -0.131. The van der Waals surface area contributed by atoms with Gasteiger partial charge in [0.25, 0.3) is 0 Å². The molecule has 3 heteroatoms. The van der Waals surface area contributed by atoms with Crippen LogP contribution < -0.4 is 4.90 Å². The van der Waals surface area contributed by atoms with Crippen molar-refractivity contribution in [3.05, 3.63) is 120 Å². The molecule has 1 N–H and O–H groups in total. The molecule has 0 saturated carbocycles. The van der Waals surface area contributed by atoms with Gasteiger partial charge in [-0.2, -0.15) is 0 Å². The molecule has 170 valence electrons. The number of hydrogen-bond acceptors (Lipinski definition) is 2. The van der Waals surface area contributed by atoms with Crippen molar-refractivity contribution in [2.75, 3.05) is 4.90 Å². The minimum Gasteiger partial charge on any atom is -0.478 e. The summed E-state index contributed by atoms with van der Waals surface area (Å²) in [4.78, 5) is 13.0. The summed E-state index contributed by atoms with van der Waals surface area (Å²) in [6.45, 7) is 4.28. The van der Waals surface area contributed by atoms with Crippen LogP contribution in [0, 0.1) is 6.92 Å². The molecular weight excluding hydrogens is 418 g/mol. The van der Waals surface area contributed by atoms with E-state index in [0.717, 1.165) is 41.5 Å². The summed E-state index contributed by atoms with van der Waals surface area (Å²) in [7, 11) is 0. The molecule has 0 heterocycles. The monoisotopic (exact) mass is 447 g/mol. The second kappa shape index (κ2) is 10.7. The van der Waals surface area contributed by atoms with Crippen LogP contribution in [0.1, 0.15) is 30.0 Å². The molecule has 0 spiro atoms. The first kappa shape index (κ1) is 23.1. The molecular formula is C31H29NO2. The molecule has 0 aliphatic rings. The first-order valence-electron chi connectivity index (χ1n) is 11.6. The summed E-state index contributed by atoms with van der Waals surface area (Å²) in [5.41, 5.74) is 8.95. The number of nitrogens with zero attached hydrogens (tertiary/aromatic N) is 1. The molecule has 4 rings (SSSR count). The van der Waals surface area contributed by atoms with Crippen LogP contribution >= 0.6 is 0 Å². The highest BCUT2D eigenvalue weighted by Crippen LogP contribution is 2.36. The third kappa shape index (κ3) is 5.62. The van der Waals surface area contributed by atoms with Crippen molar-refractivity contribution < 1.29 is 9.90 Å². The highest BCUT2D eigenvalue weighted by molar-refractivity contribution is 5.85. The van der Waals surface area contributed by atoms with Gasteiger partial charge >= 0.3 is 5.97 Å². The Kier molecular flexibility index (Phi) is 7.24. The van der Waals surface area contributed by atoms with Gasteiger partial charge in [-0.15, -0.1) is 0 Å². The second-order valence-electron chi connectivity index (χ2n) is 8.43. The van der Waals surface area contributed by atoms with E-state index in [4.69, 9.17) is 5.11 Å². The van der Waals surface area contributed by atoms with Gasteiger partial charge in [0.2, 0.25) is 0 Å². The predicted octanol–water partition coefficient (Wildman–Crippen LogP) is 8.18. The molecule has 0 unspecified atom stereocenters. The zero-order valence-electron chi connectivity index (χ0n) is 19.6. The van der Waals surface area contributed by atoms with Crippen LogP contribution in [0.25, 0.3) is 17.2 Å². The van der Waals surface area contributed by atoms with Crippen LogP contribution in [0.5, 0.6) is 0 Å². The molecule has 0 amide bonds. The van der Waals surface area contributed by atoms with E-state index in [1.54, 1.807) is 6.08 Å². The standard InChI is InChI=1S/C31H29NO2/c1-3-4-24-7-12-26(13-8-24)27-14-20-30(21-15-27)32(28-16-5-23(2)6-17-28)29-18-9-25(10-19-29)11-22-31(33)34/h5-22H,3-4H2,1-2H3,(H,33,34)/b22-11+. The molecule has 4 aromatic carbocycles. The largest absolute Gasteiger partial charge is 0.478 e. The van der Waals surface area contributed by atoms with Crippen LogP contribution in [-0.4, -0.2) is 11.1 Å². The van der Waals surface area contributed by atoms with Gasteiger partial charge in [0, 0.05) is 23.1 Å². The summed E-state index contributed by atoms with van der Waals surface area (Å²) >= 11 is 0. The molecule has 4 aromatic rings. The topological polar surface area (TPSA) is 40.5 Å². The fourth-order valence-electron chi connectivity index (χ4n) is 4.00. The highest BCUT2D eigenvalue weighted by Gasteiger charge is 2.12. The summed E-state index contributed by atoms with van der Waals surface area (Å²) < 4.78 is 0. The number of anilines is 3. The molecule has 34 heavy (non-hydrogen) atoms. The molecule has 0 bridgehead atoms. The predicted molar refractivity (Wildman–Crippen MR) is 142 cm³/mol. The Balaban J connectivity index is 1.66. The van der Waals surface area contributed by atoms with Crippen LogP contribution in [0.3, 0.4) is 0 Å². The number of aliphatic carboxylic acids is 1. The first-order valence-corrected chi connectivity index (χ1v) is 11.6. The average Bonchev–Trinajstić information content (AvgIpc) is 2.86. The van der Waals surface area contributed by atoms with Crippen molar-refractivity contribution >= 4 is 29.1 Å². The number of carboxylic acids is 1. The average molecular weight is 448 g/mol. The number of aryl methyl sites for hydroxylation is 2. The smallest absolute Gasteiger partial charge is 0.328 e. The van der Waals surface area contributed by atoms with E-state index in [9.17, 15) is 4.79 Å². The fourth-order valence-corrected chi connectivity index (χ4v) is 4.00. The Morgan fingerprint density at radius 2 is 1.21 bits per heavy atom. The van der Waals surface area contributed by atoms with Crippen molar-refractivity contribution in [2.45, 2.75) is 26.7 Å². The van der Waals surface area contributed by atoms with Crippen LogP contribution in [-0.2, 0) is 11.2 Å². The van der Waals surface area contributed by atoms with E-state index in [1.165, 1.54) is 22.3 Å². The van der Waals surface area contributed by atoms with E-state index in [2.05, 4.69) is 91.5 Å². The highest BCUT2D eigenvalue weighted by atomic mass is 16.4. The quantitative estimate of drug-likeness (QED) is 0.277. The Morgan fingerprint density at radius 1 is 0.735 bits per heavy atom. The van der Waals surface area contributed by atoms with Crippen molar-refractivity contribution in [3.63, 3.8) is 0 Å². The number of carboxylic acid groups (broad SMARTS) is 1. The minimum atomic E-state index is -0.953. The van der Waals surface area contributed by atoms with Crippen molar-refractivity contribution in [2.24, 2.45) is 0 Å². The Labute approximate surface area is 201 Å². The zero-order valence-corrected chi connectivity index (χ0v) is 19.6. The summed E-state index contributed by atoms with van der Waals surface area (Å²) in [5.74, 6) is -0.953. The maximum atomic E-state index is 10.8. The van der Waals surface area contributed by atoms with Crippen molar-refractivity contribution in [1.82, 2.24) is 0 Å². The molecule has 0 radical (unpaired) electrons. The molecule has 0 atom stereocenters. The van der Waals surface area contributed by atoms with Crippen molar-refractivity contribution in [1.29, 1.82) is 0 Å². The summed E-state index contributed by atoms with van der Waals surface area (Å²) in [6, 6.07) is 33.8. The molecule has 0 aromatic heterocycles. The normalized spacial score (nSPS) is 11.0. The van der Waals surface area contributed by atoms with Crippen LogP contribution in [0.4, 0.5) is 17.1 Å². The summed E-state index contributed by atoms with van der Waals surface area (Å²) in [6.07, 6.45) is 5.01. The van der Waals surface area contributed by atoms with E-state index in [1.807, 2.05) is 24.3 Å². The lowest BCUT2D eigenvalue weighted by Crippen LogP contribution is -2.09. The first-order chi connectivity index (χ1) is 16.5. The Morgan fingerprint density at radius 3 is 1.71 bits per heavy atom. The maximum Gasteiger partial charge on any atom is 0.328 e. The molecule has 3 nitrogen and oxygen atoms in total. The SMILES string of the molecule is CCCc1ccc(-c2ccc(N(c3ccc(C)cc3)c3ccc(/C=C/C(=O)O)cc3)cc2)cc1. The fraction of sp³-hybridized carbons (Fsp3) is 0.129. The number of benzene rings is 4. The van der Waals surface area contributed by atoms with Gasteiger partial charge in [-0.3, -0.25) is 0 Å². The van der Waals surface area contributed by atoms with Gasteiger partial charge in [0.15, 0.2) is 0 Å². The molecule has 0 fully saturated rings. The number of rotatable bonds is 8. The maximum absolute atomic E-state index is 10.8. The Hall–Kier alpha value is -4.11. The van der Waals surface area contributed by atoms with Gasteiger partial charge in [0.1, 0.15) is 0 Å². The van der Waals surface area contributed by atoms with Gasteiger partial charge in [-0.1, -0.05) is 79.6 Å². The van der Waals surface area contributed by atoms with E-state index in [-0.39, 0.29) is 0 Å². The van der Waals surface area contributed by atoms with E-state index < -0.39 is 5.97 Å². The third-order valence-electron chi connectivity index (χ3n) is 5.81. The number of carbonyl (C=O) groups is 1. The lowest BCUT2D eigenvalue weighted by atomic mass is 10.0. The van der Waals surface area contributed by atoms with Crippen LogP contribution in [0.15, 0.2) is 103 Å². The lowest BCUT2D eigenvalue weighted by Gasteiger charge is -2.26. The minimum absolute atomic E-state index is 0.844. The molecule has 0 saturated heterocycles. The zero-order chi connectivity index (χ0) is 23.9. The molecule has 0 aliphatic heterocycles. The number of hydrogen-bond donors (Lipinski definition) is 1. The molecule has 0 aliphatic carbocycles. The van der Waals surface area contributed by atoms with Gasteiger partial charge in [-0.05, 0) is 78.1 Å². The summed E-state index contributed by atoms with van der Waals surface area (Å²) in [5, 5.41) is 8.88. The third-order valence-corrected chi connectivity index (χ3v) is 5.81. The van der Waals surface area contributed by atoms with Gasteiger partial charge in [-0.25, -0.2) is 4.79 Å². The van der Waals surface area contributed by atoms with E-state index in [0.29, 0.717) is 0 Å². The van der Waals surface area contributed by atoms with E-state index >= 15 is 0 Å². The Bertz CT molecular complexity index is 1250. The van der Waals surface area contributed by atoms with Gasteiger partial charge < -0.3 is 10.0 Å². The second-order valence-corrected chi connectivity index (χ2v) is 8.43. The van der Waals surface area contributed by atoms with Crippen LogP contribution in [0.2, 0.25) is 0 Å². The van der Waals surface area contributed by atoms with Crippen molar-refractivity contribution in [3.8, 4) is 11.1 Å².